The molecular weight excluding hydrogens is 356 g/mol. The summed E-state index contributed by atoms with van der Waals surface area (Å²) >= 11 is 0. The minimum atomic E-state index is -0.328. The van der Waals surface area contributed by atoms with E-state index in [0.717, 1.165) is 12.2 Å². The zero-order valence-electron chi connectivity index (χ0n) is 15.8. The molecule has 0 bridgehead atoms. The first-order valence-electron chi connectivity index (χ1n) is 8.82. The van der Waals surface area contributed by atoms with Crippen LogP contribution in [0.15, 0.2) is 60.9 Å². The largest absolute Gasteiger partial charge is 0.497 e. The van der Waals surface area contributed by atoms with E-state index in [9.17, 15) is 4.79 Å². The van der Waals surface area contributed by atoms with E-state index >= 15 is 0 Å². The summed E-state index contributed by atoms with van der Waals surface area (Å²) in [4.78, 5) is 20.7. The number of benzene rings is 2. The van der Waals surface area contributed by atoms with Crippen LogP contribution in [0.2, 0.25) is 0 Å². The summed E-state index contributed by atoms with van der Waals surface area (Å²) in [6, 6.07) is 15.0. The molecule has 1 amide bonds. The van der Waals surface area contributed by atoms with Gasteiger partial charge >= 0.3 is 0 Å². The molecule has 2 N–H and O–H groups in total. The molecule has 0 aliphatic rings. The summed E-state index contributed by atoms with van der Waals surface area (Å²) in [5, 5.41) is 5.97. The molecular formula is C21H22N4O3. The van der Waals surface area contributed by atoms with Gasteiger partial charge in [-0.2, -0.15) is 0 Å². The molecule has 7 nitrogen and oxygen atoms in total. The molecule has 2 aromatic carbocycles. The molecule has 0 saturated heterocycles. The standard InChI is InChI=1S/C21H22N4O3/c1-27-17-8-6-15(7-9-17)10-11-22-20-14-23-19(13-24-20)21(26)25-16-4-3-5-18(12-16)28-2/h3-9,12-14H,10-11H2,1-2H3,(H,22,24)(H,25,26). The van der Waals surface area contributed by atoms with Crippen molar-refractivity contribution in [3.63, 3.8) is 0 Å². The SMILES string of the molecule is COc1ccc(CCNc2cnc(C(=O)Nc3cccc(OC)c3)cn2)cc1. The van der Waals surface area contributed by atoms with Crippen LogP contribution in [0.5, 0.6) is 11.5 Å². The number of rotatable bonds is 8. The molecule has 1 aromatic heterocycles. The van der Waals surface area contributed by atoms with Gasteiger partial charge in [0.15, 0.2) is 0 Å². The number of ether oxygens (including phenoxy) is 2. The number of nitrogens with zero attached hydrogens (tertiary/aromatic N) is 2. The summed E-state index contributed by atoms with van der Waals surface area (Å²) in [6.07, 6.45) is 3.84. The molecule has 0 aliphatic heterocycles. The lowest BCUT2D eigenvalue weighted by atomic mass is 10.1. The lowest BCUT2D eigenvalue weighted by Crippen LogP contribution is -2.15. The third-order valence-corrected chi connectivity index (χ3v) is 4.09. The van der Waals surface area contributed by atoms with E-state index in [2.05, 4.69) is 20.6 Å². The number of amides is 1. The Hall–Kier alpha value is -3.61. The number of hydrogen-bond donors (Lipinski definition) is 2. The smallest absolute Gasteiger partial charge is 0.275 e. The molecule has 144 valence electrons. The van der Waals surface area contributed by atoms with Gasteiger partial charge in [-0.05, 0) is 36.2 Å². The predicted octanol–water partition coefficient (Wildman–Crippen LogP) is 3.40. The number of carbonyl (C=O) groups excluding carboxylic acids is 1. The summed E-state index contributed by atoms with van der Waals surface area (Å²) in [7, 11) is 3.22. The van der Waals surface area contributed by atoms with Crippen molar-refractivity contribution in [3.05, 3.63) is 72.2 Å². The fourth-order valence-electron chi connectivity index (χ4n) is 2.56. The normalized spacial score (nSPS) is 10.2. The van der Waals surface area contributed by atoms with Crippen LogP contribution in [0.25, 0.3) is 0 Å². The van der Waals surface area contributed by atoms with E-state index in [-0.39, 0.29) is 11.6 Å². The number of carbonyl (C=O) groups is 1. The maximum atomic E-state index is 12.3. The fourth-order valence-corrected chi connectivity index (χ4v) is 2.56. The quantitative estimate of drug-likeness (QED) is 0.625. The summed E-state index contributed by atoms with van der Waals surface area (Å²) in [6.45, 7) is 0.705. The monoisotopic (exact) mass is 378 g/mol. The average molecular weight is 378 g/mol. The van der Waals surface area contributed by atoms with E-state index in [4.69, 9.17) is 9.47 Å². The van der Waals surface area contributed by atoms with Gasteiger partial charge in [0.1, 0.15) is 23.0 Å². The van der Waals surface area contributed by atoms with Crippen molar-refractivity contribution in [2.75, 3.05) is 31.4 Å². The van der Waals surface area contributed by atoms with Crippen molar-refractivity contribution >= 4 is 17.4 Å². The van der Waals surface area contributed by atoms with Gasteiger partial charge in [-0.1, -0.05) is 18.2 Å². The molecule has 0 atom stereocenters. The Balaban J connectivity index is 1.51. The maximum absolute atomic E-state index is 12.3. The van der Waals surface area contributed by atoms with Crippen molar-refractivity contribution in [2.45, 2.75) is 6.42 Å². The van der Waals surface area contributed by atoms with Crippen LogP contribution in [0.3, 0.4) is 0 Å². The zero-order valence-corrected chi connectivity index (χ0v) is 15.8. The number of nitrogens with one attached hydrogen (secondary N) is 2. The van der Waals surface area contributed by atoms with E-state index < -0.39 is 0 Å². The van der Waals surface area contributed by atoms with Gasteiger partial charge in [0, 0.05) is 18.3 Å². The Morgan fingerprint density at radius 1 is 0.964 bits per heavy atom. The Bertz CT molecular complexity index is 912. The third kappa shape index (κ3) is 5.20. The van der Waals surface area contributed by atoms with Crippen LogP contribution in [0.1, 0.15) is 16.1 Å². The van der Waals surface area contributed by atoms with Crippen LogP contribution in [-0.2, 0) is 6.42 Å². The first-order valence-corrected chi connectivity index (χ1v) is 8.82. The molecule has 0 saturated carbocycles. The van der Waals surface area contributed by atoms with Crippen LogP contribution >= 0.6 is 0 Å². The lowest BCUT2D eigenvalue weighted by molar-refractivity contribution is 0.102. The number of aromatic nitrogens is 2. The average Bonchev–Trinajstić information content (AvgIpc) is 2.75. The molecule has 0 radical (unpaired) electrons. The predicted molar refractivity (Wildman–Crippen MR) is 108 cm³/mol. The van der Waals surface area contributed by atoms with Gasteiger partial charge < -0.3 is 20.1 Å². The highest BCUT2D eigenvalue weighted by atomic mass is 16.5. The molecule has 3 rings (SSSR count). The van der Waals surface area contributed by atoms with Crippen molar-refractivity contribution in [2.24, 2.45) is 0 Å². The van der Waals surface area contributed by atoms with Crippen molar-refractivity contribution in [1.82, 2.24) is 9.97 Å². The van der Waals surface area contributed by atoms with Crippen molar-refractivity contribution in [3.8, 4) is 11.5 Å². The minimum absolute atomic E-state index is 0.239. The van der Waals surface area contributed by atoms with E-state index in [1.165, 1.54) is 11.8 Å². The van der Waals surface area contributed by atoms with Gasteiger partial charge in [-0.15, -0.1) is 0 Å². The van der Waals surface area contributed by atoms with E-state index in [1.807, 2.05) is 30.3 Å². The second kappa shape index (κ2) is 9.36. The Kier molecular flexibility index (Phi) is 6.41. The highest BCUT2D eigenvalue weighted by Crippen LogP contribution is 2.17. The molecule has 3 aromatic rings. The van der Waals surface area contributed by atoms with E-state index in [1.54, 1.807) is 38.6 Å². The van der Waals surface area contributed by atoms with Gasteiger partial charge in [-0.25, -0.2) is 9.97 Å². The fraction of sp³-hybridized carbons (Fsp3) is 0.190. The summed E-state index contributed by atoms with van der Waals surface area (Å²) in [5.41, 5.74) is 2.06. The van der Waals surface area contributed by atoms with Crippen molar-refractivity contribution in [1.29, 1.82) is 0 Å². The number of anilines is 2. The highest BCUT2D eigenvalue weighted by Gasteiger charge is 2.09. The van der Waals surface area contributed by atoms with Gasteiger partial charge in [0.25, 0.3) is 5.91 Å². The summed E-state index contributed by atoms with van der Waals surface area (Å²) < 4.78 is 10.3. The van der Waals surface area contributed by atoms with Gasteiger partial charge in [0.05, 0.1) is 26.6 Å². The van der Waals surface area contributed by atoms with Crippen molar-refractivity contribution < 1.29 is 14.3 Å². The molecule has 0 unspecified atom stereocenters. The van der Waals surface area contributed by atoms with Crippen LogP contribution in [0, 0.1) is 0 Å². The second-order valence-electron chi connectivity index (χ2n) is 6.00. The molecule has 7 heteroatoms. The first kappa shape index (κ1) is 19.2. The molecule has 0 fully saturated rings. The van der Waals surface area contributed by atoms with E-state index in [0.29, 0.717) is 23.8 Å². The molecule has 0 aliphatic carbocycles. The number of hydrogen-bond acceptors (Lipinski definition) is 6. The second-order valence-corrected chi connectivity index (χ2v) is 6.00. The third-order valence-electron chi connectivity index (χ3n) is 4.09. The first-order chi connectivity index (χ1) is 13.7. The Morgan fingerprint density at radius 2 is 1.75 bits per heavy atom. The van der Waals surface area contributed by atoms with Crippen LogP contribution in [0.4, 0.5) is 11.5 Å². The summed E-state index contributed by atoms with van der Waals surface area (Å²) in [5.74, 6) is 1.79. The van der Waals surface area contributed by atoms with Gasteiger partial charge in [-0.3, -0.25) is 4.79 Å². The van der Waals surface area contributed by atoms with Gasteiger partial charge in [0.2, 0.25) is 0 Å². The topological polar surface area (TPSA) is 85.4 Å². The lowest BCUT2D eigenvalue weighted by Gasteiger charge is -2.08. The molecule has 28 heavy (non-hydrogen) atoms. The molecule has 1 heterocycles. The zero-order chi connectivity index (χ0) is 19.8. The number of methoxy groups -OCH3 is 2. The highest BCUT2D eigenvalue weighted by molar-refractivity contribution is 6.02. The maximum Gasteiger partial charge on any atom is 0.275 e. The minimum Gasteiger partial charge on any atom is -0.497 e. The Morgan fingerprint density at radius 3 is 2.43 bits per heavy atom. The van der Waals surface area contributed by atoms with Crippen LogP contribution < -0.4 is 20.1 Å². The Labute approximate surface area is 163 Å². The van der Waals surface area contributed by atoms with Crippen LogP contribution in [-0.4, -0.2) is 36.6 Å². The molecule has 0 spiro atoms.